The summed E-state index contributed by atoms with van der Waals surface area (Å²) in [6.07, 6.45) is 0. The van der Waals surface area contributed by atoms with Gasteiger partial charge < -0.3 is 9.32 Å². The summed E-state index contributed by atoms with van der Waals surface area (Å²) < 4.78 is 7.19. The van der Waals surface area contributed by atoms with Crippen molar-refractivity contribution in [3.8, 4) is 44.5 Å². The molecular weight excluding hydrogens is 799 g/mol. The molecular formula is C64H41NO. The zero-order valence-electron chi connectivity index (χ0n) is 36.0. The van der Waals surface area contributed by atoms with E-state index >= 15 is 0 Å². The third-order valence-electron chi connectivity index (χ3n) is 13.4. The van der Waals surface area contributed by atoms with Gasteiger partial charge in [-0.25, -0.2) is 0 Å². The molecule has 308 valence electrons. The number of hydrogen-bond acceptors (Lipinski definition) is 2. The molecule has 0 aliphatic heterocycles. The summed E-state index contributed by atoms with van der Waals surface area (Å²) in [4.78, 5) is 2.35. The number of anilines is 3. The van der Waals surface area contributed by atoms with Crippen LogP contribution in [0, 0.1) is 0 Å². The van der Waals surface area contributed by atoms with Crippen LogP contribution in [0.4, 0.5) is 17.1 Å². The molecule has 0 fully saturated rings. The number of benzene rings is 12. The molecule has 0 spiro atoms. The second-order valence-electron chi connectivity index (χ2n) is 17.3. The Hall–Kier alpha value is -8.72. The monoisotopic (exact) mass is 839 g/mol. The zero-order chi connectivity index (χ0) is 43.6. The first-order valence-electron chi connectivity index (χ1n) is 22.6. The lowest BCUT2D eigenvalue weighted by molar-refractivity contribution is 0.670. The summed E-state index contributed by atoms with van der Waals surface area (Å²) in [6.45, 7) is 0. The Morgan fingerprint density at radius 2 is 0.742 bits per heavy atom. The van der Waals surface area contributed by atoms with E-state index in [0.29, 0.717) is 0 Å². The Labute approximate surface area is 382 Å². The second-order valence-corrected chi connectivity index (χ2v) is 17.3. The number of para-hydroxylation sites is 1. The van der Waals surface area contributed by atoms with Gasteiger partial charge in [0.2, 0.25) is 0 Å². The fraction of sp³-hybridized carbons (Fsp3) is 0. The second kappa shape index (κ2) is 15.5. The molecule has 1 heterocycles. The molecule has 0 saturated carbocycles. The summed E-state index contributed by atoms with van der Waals surface area (Å²) in [6, 6.07) is 90.1. The van der Waals surface area contributed by atoms with Crippen molar-refractivity contribution in [3.63, 3.8) is 0 Å². The van der Waals surface area contributed by atoms with E-state index in [1.165, 1.54) is 70.9 Å². The SMILES string of the molecule is c1ccc(-c2cc3ccccc3c3c2oc2c(N(c4ccc(-c5ccc6cc(-c7ccc8ccccc8c7)ccc6c5)cc4)c4ccc(-c5cccc6ccccc56)cc4)cccc23)cc1. The molecule has 66 heavy (non-hydrogen) atoms. The Morgan fingerprint density at radius 1 is 0.258 bits per heavy atom. The molecule has 2 heteroatoms. The van der Waals surface area contributed by atoms with Crippen LogP contribution >= 0.6 is 0 Å². The molecule has 13 rings (SSSR count). The van der Waals surface area contributed by atoms with Crippen LogP contribution in [-0.4, -0.2) is 0 Å². The third kappa shape index (κ3) is 6.42. The normalized spacial score (nSPS) is 11.6. The first-order chi connectivity index (χ1) is 32.7. The lowest BCUT2D eigenvalue weighted by Crippen LogP contribution is -2.10. The fourth-order valence-corrected chi connectivity index (χ4v) is 10.1. The van der Waals surface area contributed by atoms with Gasteiger partial charge >= 0.3 is 0 Å². The van der Waals surface area contributed by atoms with Gasteiger partial charge in [0.1, 0.15) is 5.58 Å². The largest absolute Gasteiger partial charge is 0.453 e. The van der Waals surface area contributed by atoms with Crippen LogP contribution in [0.1, 0.15) is 0 Å². The minimum Gasteiger partial charge on any atom is -0.453 e. The molecule has 12 aromatic carbocycles. The first-order valence-corrected chi connectivity index (χ1v) is 22.6. The molecule has 0 aliphatic rings. The van der Waals surface area contributed by atoms with Crippen molar-refractivity contribution >= 4 is 82.1 Å². The van der Waals surface area contributed by atoms with Gasteiger partial charge in [0.15, 0.2) is 5.58 Å². The van der Waals surface area contributed by atoms with Gasteiger partial charge in [-0.05, 0) is 137 Å². The van der Waals surface area contributed by atoms with E-state index in [-0.39, 0.29) is 0 Å². The summed E-state index contributed by atoms with van der Waals surface area (Å²) in [5, 5.41) is 12.0. The summed E-state index contributed by atoms with van der Waals surface area (Å²) in [7, 11) is 0. The van der Waals surface area contributed by atoms with Crippen molar-refractivity contribution in [1.82, 2.24) is 0 Å². The maximum Gasteiger partial charge on any atom is 0.159 e. The van der Waals surface area contributed by atoms with Crippen LogP contribution < -0.4 is 4.90 Å². The molecule has 0 aliphatic carbocycles. The van der Waals surface area contributed by atoms with Crippen LogP contribution in [-0.2, 0) is 0 Å². The molecule has 13 aromatic rings. The molecule has 0 radical (unpaired) electrons. The maximum absolute atomic E-state index is 7.19. The van der Waals surface area contributed by atoms with Gasteiger partial charge in [-0.3, -0.25) is 0 Å². The predicted molar refractivity (Wildman–Crippen MR) is 280 cm³/mol. The number of fused-ring (bicyclic) bond motifs is 8. The summed E-state index contributed by atoms with van der Waals surface area (Å²) in [5.41, 5.74) is 14.2. The smallest absolute Gasteiger partial charge is 0.159 e. The van der Waals surface area contributed by atoms with Crippen molar-refractivity contribution in [1.29, 1.82) is 0 Å². The van der Waals surface area contributed by atoms with Gasteiger partial charge in [0, 0.05) is 27.7 Å². The van der Waals surface area contributed by atoms with Crippen LogP contribution in [0.2, 0.25) is 0 Å². The number of nitrogens with zero attached hydrogens (tertiary/aromatic N) is 1. The van der Waals surface area contributed by atoms with Crippen molar-refractivity contribution in [2.45, 2.75) is 0 Å². The predicted octanol–water partition coefficient (Wildman–Crippen LogP) is 18.3. The molecule has 1 aromatic heterocycles. The summed E-state index contributed by atoms with van der Waals surface area (Å²) in [5.74, 6) is 0. The van der Waals surface area contributed by atoms with Gasteiger partial charge in [-0.2, -0.15) is 0 Å². The van der Waals surface area contributed by atoms with E-state index in [2.05, 4.69) is 254 Å². The average molecular weight is 840 g/mol. The number of rotatable bonds is 7. The molecule has 0 atom stereocenters. The minimum atomic E-state index is 0.848. The highest BCUT2D eigenvalue weighted by atomic mass is 16.3. The van der Waals surface area contributed by atoms with Gasteiger partial charge in [-0.1, -0.05) is 194 Å². The molecule has 0 unspecified atom stereocenters. The highest BCUT2D eigenvalue weighted by Gasteiger charge is 2.23. The quantitative estimate of drug-likeness (QED) is 0.159. The van der Waals surface area contributed by atoms with Crippen LogP contribution in [0.3, 0.4) is 0 Å². The van der Waals surface area contributed by atoms with Gasteiger partial charge in [0.25, 0.3) is 0 Å². The third-order valence-corrected chi connectivity index (χ3v) is 13.4. The van der Waals surface area contributed by atoms with E-state index in [0.717, 1.165) is 55.7 Å². The topological polar surface area (TPSA) is 16.4 Å². The first kappa shape index (κ1) is 37.8. The minimum absolute atomic E-state index is 0.848. The Morgan fingerprint density at radius 3 is 1.45 bits per heavy atom. The van der Waals surface area contributed by atoms with Crippen molar-refractivity contribution in [3.05, 3.63) is 249 Å². The van der Waals surface area contributed by atoms with E-state index in [9.17, 15) is 0 Å². The van der Waals surface area contributed by atoms with E-state index in [1.807, 2.05) is 0 Å². The highest BCUT2D eigenvalue weighted by Crippen LogP contribution is 2.47. The Kier molecular flexibility index (Phi) is 8.89. The van der Waals surface area contributed by atoms with Crippen LogP contribution in [0.25, 0.3) is 110 Å². The molecule has 0 bridgehead atoms. The standard InChI is InChI=1S/C64H41NO/c1-2-13-45(14-3-1)60-41-53-17-7-9-20-58(53)62-59-22-11-23-61(63(59)66-64(60)62)65(55-36-32-46(33-37-55)57-21-10-18-44-15-6-8-19-56(44)57)54-34-30-43(31-35-54)48-26-27-51-40-52(29-28-50(51)39-48)49-25-24-42-12-4-5-16-47(42)38-49/h1-41H. The Balaban J connectivity index is 0.933. The maximum atomic E-state index is 7.19. The zero-order valence-corrected chi connectivity index (χ0v) is 36.0. The van der Waals surface area contributed by atoms with Crippen molar-refractivity contribution < 1.29 is 4.42 Å². The summed E-state index contributed by atoms with van der Waals surface area (Å²) >= 11 is 0. The lowest BCUT2D eigenvalue weighted by Gasteiger charge is -2.26. The number of furan rings is 1. The van der Waals surface area contributed by atoms with Crippen molar-refractivity contribution in [2.75, 3.05) is 4.90 Å². The van der Waals surface area contributed by atoms with Crippen LogP contribution in [0.15, 0.2) is 253 Å². The molecule has 0 amide bonds. The van der Waals surface area contributed by atoms with Crippen LogP contribution in [0.5, 0.6) is 0 Å². The highest BCUT2D eigenvalue weighted by molar-refractivity contribution is 6.24. The lowest BCUT2D eigenvalue weighted by atomic mass is 9.96. The van der Waals surface area contributed by atoms with Gasteiger partial charge in [0.05, 0.1) is 5.69 Å². The molecule has 2 nitrogen and oxygen atoms in total. The van der Waals surface area contributed by atoms with Crippen molar-refractivity contribution in [2.24, 2.45) is 0 Å². The average Bonchev–Trinajstić information content (AvgIpc) is 3.79. The van der Waals surface area contributed by atoms with E-state index < -0.39 is 0 Å². The molecule has 0 saturated heterocycles. The van der Waals surface area contributed by atoms with E-state index in [1.54, 1.807) is 0 Å². The molecule has 0 N–H and O–H groups in total. The fourth-order valence-electron chi connectivity index (χ4n) is 10.1. The van der Waals surface area contributed by atoms with Gasteiger partial charge in [-0.15, -0.1) is 0 Å². The Bertz CT molecular complexity index is 3970. The number of hydrogen-bond donors (Lipinski definition) is 0. The van der Waals surface area contributed by atoms with E-state index in [4.69, 9.17) is 4.42 Å².